The smallest absolute Gasteiger partial charge is 0.224 e. The van der Waals surface area contributed by atoms with Gasteiger partial charge in [0.05, 0.1) is 19.4 Å². The molecule has 0 aliphatic heterocycles. The Bertz CT molecular complexity index is 858. The summed E-state index contributed by atoms with van der Waals surface area (Å²) in [5.74, 6) is -3.83. The topological polar surface area (TPSA) is 137 Å². The Balaban J connectivity index is 2.19. The number of quaternary nitrogens is 1. The summed E-state index contributed by atoms with van der Waals surface area (Å²) in [6.45, 7) is 1.46. The molecule has 1 amide bonds. The minimum Gasteiger partial charge on any atom is -0.795 e. The fourth-order valence-corrected chi connectivity index (χ4v) is 4.23. The predicted molar refractivity (Wildman–Crippen MR) is 106 cm³/mol. The van der Waals surface area contributed by atoms with Crippen molar-refractivity contribution in [1.29, 1.82) is 0 Å². The molecule has 2 aromatic carbocycles. The Morgan fingerprint density at radius 2 is 1.48 bits per heavy atom. The summed E-state index contributed by atoms with van der Waals surface area (Å²) in [6.07, 6.45) is -0.159. The van der Waals surface area contributed by atoms with E-state index in [1.807, 2.05) is 6.07 Å². The van der Waals surface area contributed by atoms with Crippen LogP contribution < -0.4 is 21.1 Å². The van der Waals surface area contributed by atoms with E-state index in [1.54, 1.807) is 54.6 Å². The molecule has 7 nitrogen and oxygen atoms in total. The van der Waals surface area contributed by atoms with Gasteiger partial charge in [-0.2, -0.15) is 0 Å². The van der Waals surface area contributed by atoms with Crippen molar-refractivity contribution < 1.29 is 29.9 Å². The molecule has 0 saturated carbocycles. The van der Waals surface area contributed by atoms with Gasteiger partial charge in [-0.25, -0.2) is 0 Å². The minimum absolute atomic E-state index is 0.0493. The van der Waals surface area contributed by atoms with Crippen LogP contribution in [0.1, 0.15) is 18.1 Å². The molecule has 0 fully saturated rings. The lowest BCUT2D eigenvalue weighted by atomic mass is 9.99. The largest absolute Gasteiger partial charge is 0.795 e. The molecule has 0 aliphatic carbocycles. The molecule has 2 rings (SSSR count). The van der Waals surface area contributed by atoms with Gasteiger partial charge >= 0.3 is 0 Å². The van der Waals surface area contributed by atoms with E-state index in [0.29, 0.717) is 0 Å². The molecular weight excluding hydrogens is 391 g/mol. The lowest BCUT2D eigenvalue weighted by molar-refractivity contribution is -0.395. The van der Waals surface area contributed by atoms with Gasteiger partial charge in [0.15, 0.2) is 0 Å². The van der Waals surface area contributed by atoms with Gasteiger partial charge in [0.25, 0.3) is 0 Å². The highest BCUT2D eigenvalue weighted by atomic mass is 31.2. The number of benzene rings is 2. The van der Waals surface area contributed by atoms with Crippen LogP contribution in [0.2, 0.25) is 0 Å². The SMILES string of the molecule is C[C@H]([NH3+])P(=O)([O-])C[C@@H](Cc1ccccc1)C(=O)N[C@@H](Cc1ccccc1)C(=O)[O-]. The predicted octanol–water partition coefficient (Wildman–Crippen LogP) is -0.451. The molecule has 0 bridgehead atoms. The van der Waals surface area contributed by atoms with Crippen LogP contribution in [0, 0.1) is 5.92 Å². The molecule has 2 aromatic rings. The molecule has 0 saturated heterocycles. The van der Waals surface area contributed by atoms with Gasteiger partial charge in [0, 0.05) is 12.1 Å². The Kier molecular flexibility index (Phi) is 8.14. The highest BCUT2D eigenvalue weighted by Crippen LogP contribution is 2.40. The highest BCUT2D eigenvalue weighted by molar-refractivity contribution is 7.57. The van der Waals surface area contributed by atoms with E-state index < -0.39 is 37.0 Å². The summed E-state index contributed by atoms with van der Waals surface area (Å²) in [4.78, 5) is 36.8. The van der Waals surface area contributed by atoms with Crippen molar-refractivity contribution in [2.45, 2.75) is 31.6 Å². The second kappa shape index (κ2) is 10.3. The van der Waals surface area contributed by atoms with E-state index in [1.165, 1.54) is 6.92 Å². The number of rotatable bonds is 10. The maximum atomic E-state index is 12.9. The third kappa shape index (κ3) is 7.13. The van der Waals surface area contributed by atoms with E-state index in [2.05, 4.69) is 11.1 Å². The van der Waals surface area contributed by atoms with Gasteiger partial charge in [-0.1, -0.05) is 60.7 Å². The average Bonchev–Trinajstić information content (AvgIpc) is 2.68. The lowest BCUT2D eigenvalue weighted by Gasteiger charge is -2.30. The van der Waals surface area contributed by atoms with Gasteiger partial charge in [0.2, 0.25) is 5.91 Å². The zero-order valence-electron chi connectivity index (χ0n) is 16.3. The molecule has 0 spiro atoms. The molecular formula is C21H26N2O5P-. The van der Waals surface area contributed by atoms with Crippen LogP contribution in [0.15, 0.2) is 60.7 Å². The van der Waals surface area contributed by atoms with Crippen molar-refractivity contribution >= 4 is 19.2 Å². The standard InChI is InChI=1S/C21H27N2O5P/c1-15(22)29(27,28)14-18(12-16-8-4-2-5-9-16)20(24)23-19(21(25)26)13-17-10-6-3-7-11-17/h2-11,15,18-19H,12-14,22H2,1H3,(H,23,24)(H,25,26)(H,27,28)/p-1/t15-,18-,19+/m1/s1. The van der Waals surface area contributed by atoms with Crippen LogP contribution in [0.4, 0.5) is 0 Å². The Morgan fingerprint density at radius 3 is 1.93 bits per heavy atom. The third-order valence-corrected chi connectivity index (χ3v) is 7.02. The maximum absolute atomic E-state index is 12.9. The van der Waals surface area contributed by atoms with E-state index in [9.17, 15) is 24.2 Å². The van der Waals surface area contributed by atoms with E-state index in [-0.39, 0.29) is 19.0 Å². The molecule has 8 heteroatoms. The second-order valence-electron chi connectivity index (χ2n) is 7.21. The number of nitrogens with one attached hydrogen (secondary N) is 1. The van der Waals surface area contributed by atoms with E-state index in [4.69, 9.17) is 0 Å². The Morgan fingerprint density at radius 1 is 1.00 bits per heavy atom. The van der Waals surface area contributed by atoms with Crippen LogP contribution >= 0.6 is 7.37 Å². The van der Waals surface area contributed by atoms with Crippen molar-refractivity contribution in [3.05, 3.63) is 71.8 Å². The van der Waals surface area contributed by atoms with Crippen LogP contribution in [-0.4, -0.2) is 29.9 Å². The van der Waals surface area contributed by atoms with Crippen LogP contribution in [0.25, 0.3) is 0 Å². The second-order valence-corrected chi connectivity index (χ2v) is 9.91. The summed E-state index contributed by atoms with van der Waals surface area (Å²) in [5, 5.41) is 14.0. The molecule has 4 N–H and O–H groups in total. The number of carbonyl (C=O) groups excluding carboxylic acids is 2. The van der Waals surface area contributed by atoms with Crippen molar-refractivity contribution in [1.82, 2.24) is 5.32 Å². The first-order valence-electron chi connectivity index (χ1n) is 9.41. The molecule has 0 radical (unpaired) electrons. The first-order valence-corrected chi connectivity index (χ1v) is 11.3. The Labute approximate surface area is 170 Å². The third-order valence-electron chi connectivity index (χ3n) is 4.73. The number of carbonyl (C=O) groups is 2. The molecule has 0 heterocycles. The monoisotopic (exact) mass is 417 g/mol. The number of carboxylic acid groups (broad SMARTS) is 1. The van der Waals surface area contributed by atoms with E-state index in [0.717, 1.165) is 11.1 Å². The molecule has 29 heavy (non-hydrogen) atoms. The summed E-state index contributed by atoms with van der Waals surface area (Å²) in [5.41, 5.74) is 5.08. The molecule has 0 aliphatic rings. The van der Waals surface area contributed by atoms with Gasteiger partial charge in [-0.3, -0.25) is 4.79 Å². The highest BCUT2D eigenvalue weighted by Gasteiger charge is 2.29. The number of carboxylic acids is 1. The Hall–Kier alpha value is -2.47. The fraction of sp³-hybridized carbons (Fsp3) is 0.333. The zero-order chi connectivity index (χ0) is 21.4. The molecule has 1 unspecified atom stereocenters. The van der Waals surface area contributed by atoms with Crippen LogP contribution in [0.5, 0.6) is 0 Å². The number of amides is 1. The number of hydrogen-bond acceptors (Lipinski definition) is 5. The van der Waals surface area contributed by atoms with Gasteiger partial charge in [-0.05, 0) is 30.9 Å². The van der Waals surface area contributed by atoms with Crippen LogP contribution in [0.3, 0.4) is 0 Å². The fourth-order valence-electron chi connectivity index (χ4n) is 2.96. The van der Waals surface area contributed by atoms with Crippen LogP contribution in [-0.2, 0) is 27.0 Å². The average molecular weight is 417 g/mol. The maximum Gasteiger partial charge on any atom is 0.224 e. The first kappa shape index (κ1) is 22.8. The lowest BCUT2D eigenvalue weighted by Crippen LogP contribution is -2.61. The van der Waals surface area contributed by atoms with Crippen molar-refractivity contribution in [3.63, 3.8) is 0 Å². The summed E-state index contributed by atoms with van der Waals surface area (Å²) in [7, 11) is -3.93. The number of aliphatic carboxylic acids is 1. The minimum atomic E-state index is -3.93. The van der Waals surface area contributed by atoms with Gasteiger partial charge < -0.3 is 30.4 Å². The van der Waals surface area contributed by atoms with Crippen molar-refractivity contribution in [2.24, 2.45) is 5.92 Å². The molecule has 156 valence electrons. The van der Waals surface area contributed by atoms with E-state index >= 15 is 0 Å². The van der Waals surface area contributed by atoms with Gasteiger partial charge in [-0.15, -0.1) is 0 Å². The van der Waals surface area contributed by atoms with Crippen molar-refractivity contribution in [3.8, 4) is 0 Å². The summed E-state index contributed by atoms with van der Waals surface area (Å²) in [6, 6.07) is 16.6. The number of hydrogen-bond donors (Lipinski definition) is 2. The van der Waals surface area contributed by atoms with Crippen molar-refractivity contribution in [2.75, 3.05) is 6.16 Å². The zero-order valence-corrected chi connectivity index (χ0v) is 17.2. The summed E-state index contributed by atoms with van der Waals surface area (Å²) >= 11 is 0. The molecule has 0 aromatic heterocycles. The summed E-state index contributed by atoms with van der Waals surface area (Å²) < 4.78 is 12.4. The van der Waals surface area contributed by atoms with Gasteiger partial charge in [0.1, 0.15) is 5.78 Å². The molecule has 4 atom stereocenters. The normalized spacial score (nSPS) is 16.2. The quantitative estimate of drug-likeness (QED) is 0.505. The first-order chi connectivity index (χ1) is 13.7.